The van der Waals surface area contributed by atoms with Crippen LogP contribution in [0.5, 0.6) is 0 Å². The molecule has 1 heteroatoms. The normalized spacial score (nSPS) is 9.38. The molecule has 0 aliphatic heterocycles. The molecule has 0 heterocycles. The van der Waals surface area contributed by atoms with Crippen molar-refractivity contribution in [2.45, 2.75) is 20.3 Å². The Morgan fingerprint density at radius 3 is 2.25 bits per heavy atom. The van der Waals surface area contributed by atoms with E-state index < -0.39 is 0 Å². The summed E-state index contributed by atoms with van der Waals surface area (Å²) >= 11 is 0. The molecule has 0 amide bonds. The number of aryl methyl sites for hydroxylation is 1. The van der Waals surface area contributed by atoms with Gasteiger partial charge in [0.05, 0.1) is 0 Å². The molecule has 0 saturated heterocycles. The molecule has 0 aliphatic rings. The summed E-state index contributed by atoms with van der Waals surface area (Å²) in [5.41, 5.74) is 7.20. The zero-order valence-electron chi connectivity index (χ0n) is 10.0. The van der Waals surface area contributed by atoms with E-state index in [4.69, 9.17) is 5.73 Å². The van der Waals surface area contributed by atoms with Crippen LogP contribution in [0.3, 0.4) is 0 Å². The van der Waals surface area contributed by atoms with Crippen molar-refractivity contribution >= 4 is 10.8 Å². The summed E-state index contributed by atoms with van der Waals surface area (Å²) in [7, 11) is 0. The molecule has 16 heavy (non-hydrogen) atoms. The van der Waals surface area contributed by atoms with E-state index in [0.29, 0.717) is 0 Å². The lowest BCUT2D eigenvalue weighted by atomic mass is 10.1. The van der Waals surface area contributed by atoms with Gasteiger partial charge in [0.2, 0.25) is 0 Å². The Labute approximate surface area is 97.6 Å². The molecule has 0 bridgehead atoms. The van der Waals surface area contributed by atoms with Gasteiger partial charge in [-0.2, -0.15) is 0 Å². The molecule has 0 unspecified atom stereocenters. The van der Waals surface area contributed by atoms with Crippen molar-refractivity contribution in [1.29, 1.82) is 0 Å². The largest absolute Gasteiger partial charge is 0.403 e. The van der Waals surface area contributed by atoms with Gasteiger partial charge in [-0.1, -0.05) is 56.0 Å². The van der Waals surface area contributed by atoms with Crippen LogP contribution < -0.4 is 5.73 Å². The number of allylic oxidation sites excluding steroid dienone is 1. The van der Waals surface area contributed by atoms with E-state index in [1.54, 1.807) is 0 Å². The van der Waals surface area contributed by atoms with Crippen molar-refractivity contribution < 1.29 is 0 Å². The molecule has 2 N–H and O–H groups in total. The summed E-state index contributed by atoms with van der Waals surface area (Å²) in [6.45, 7) is 7.57. The van der Waals surface area contributed by atoms with Crippen molar-refractivity contribution in [2.24, 2.45) is 5.73 Å². The van der Waals surface area contributed by atoms with Crippen molar-refractivity contribution in [1.82, 2.24) is 0 Å². The van der Waals surface area contributed by atoms with Gasteiger partial charge in [0.25, 0.3) is 0 Å². The predicted molar refractivity (Wildman–Crippen MR) is 72.3 cm³/mol. The minimum Gasteiger partial charge on any atom is -0.403 e. The number of benzene rings is 2. The van der Waals surface area contributed by atoms with E-state index in [-0.39, 0.29) is 0 Å². The third-order valence-corrected chi connectivity index (χ3v) is 2.46. The molecule has 2 rings (SSSR count). The minimum atomic E-state index is 0.755. The summed E-state index contributed by atoms with van der Waals surface area (Å²) in [5, 5.41) is 2.68. The summed E-state index contributed by atoms with van der Waals surface area (Å²) in [6, 6.07) is 14.8. The van der Waals surface area contributed by atoms with Crippen LogP contribution in [0.2, 0.25) is 0 Å². The fourth-order valence-electron chi connectivity index (χ4n) is 1.39. The second-order valence-electron chi connectivity index (χ2n) is 3.81. The van der Waals surface area contributed by atoms with Crippen molar-refractivity contribution in [3.63, 3.8) is 0 Å². The molecule has 0 aliphatic carbocycles. The van der Waals surface area contributed by atoms with E-state index in [2.05, 4.69) is 56.0 Å². The fraction of sp³-hybridized carbons (Fsp3) is 0.200. The maximum atomic E-state index is 5.10. The van der Waals surface area contributed by atoms with Crippen LogP contribution >= 0.6 is 0 Å². The molecule has 0 fully saturated rings. The Morgan fingerprint density at radius 1 is 1.12 bits per heavy atom. The summed E-state index contributed by atoms with van der Waals surface area (Å²) < 4.78 is 0. The Hall–Kier alpha value is -1.76. The number of fused-ring (bicyclic) bond motifs is 1. The Bertz CT molecular complexity index is 466. The molecule has 2 aromatic rings. The Morgan fingerprint density at radius 2 is 1.69 bits per heavy atom. The average Bonchev–Trinajstić information content (AvgIpc) is 2.30. The van der Waals surface area contributed by atoms with Crippen LogP contribution in [0.15, 0.2) is 54.7 Å². The molecular formula is C15H19N. The smallest absolute Gasteiger partial charge is 0.000466 e. The highest BCUT2D eigenvalue weighted by molar-refractivity contribution is 5.85. The SMILES string of the molecule is C=C(N)CC.Cc1cccc2ccccc12. The van der Waals surface area contributed by atoms with E-state index in [9.17, 15) is 0 Å². The van der Waals surface area contributed by atoms with Crippen molar-refractivity contribution in [3.8, 4) is 0 Å². The lowest BCUT2D eigenvalue weighted by Crippen LogP contribution is -1.89. The third-order valence-electron chi connectivity index (χ3n) is 2.46. The van der Waals surface area contributed by atoms with Crippen molar-refractivity contribution in [3.05, 3.63) is 60.3 Å². The molecule has 84 valence electrons. The molecular weight excluding hydrogens is 194 g/mol. The van der Waals surface area contributed by atoms with Gasteiger partial charge in [0.1, 0.15) is 0 Å². The van der Waals surface area contributed by atoms with E-state index >= 15 is 0 Å². The van der Waals surface area contributed by atoms with Crippen LogP contribution in [0.1, 0.15) is 18.9 Å². The van der Waals surface area contributed by atoms with Gasteiger partial charge in [0.15, 0.2) is 0 Å². The van der Waals surface area contributed by atoms with E-state index in [1.165, 1.54) is 16.3 Å². The first kappa shape index (κ1) is 12.3. The lowest BCUT2D eigenvalue weighted by molar-refractivity contribution is 1.08. The zero-order chi connectivity index (χ0) is 12.0. The van der Waals surface area contributed by atoms with Crippen molar-refractivity contribution in [2.75, 3.05) is 0 Å². The molecule has 0 atom stereocenters. The number of nitrogens with two attached hydrogens (primary N) is 1. The lowest BCUT2D eigenvalue weighted by Gasteiger charge is -1.98. The van der Waals surface area contributed by atoms with Gasteiger partial charge in [-0.05, 0) is 29.7 Å². The van der Waals surface area contributed by atoms with E-state index in [0.717, 1.165) is 12.1 Å². The van der Waals surface area contributed by atoms with Crippen LogP contribution in [0, 0.1) is 6.92 Å². The van der Waals surface area contributed by atoms with Crippen LogP contribution in [0.25, 0.3) is 10.8 Å². The third kappa shape index (κ3) is 3.43. The first-order valence-corrected chi connectivity index (χ1v) is 5.52. The molecule has 2 aromatic carbocycles. The summed E-state index contributed by atoms with van der Waals surface area (Å²) in [4.78, 5) is 0. The number of hydrogen-bond donors (Lipinski definition) is 1. The highest BCUT2D eigenvalue weighted by Gasteiger charge is 1.92. The monoisotopic (exact) mass is 213 g/mol. The quantitative estimate of drug-likeness (QED) is 0.760. The molecule has 0 spiro atoms. The molecule has 0 saturated carbocycles. The van der Waals surface area contributed by atoms with Gasteiger partial charge in [-0.15, -0.1) is 0 Å². The zero-order valence-corrected chi connectivity index (χ0v) is 10.0. The fourth-order valence-corrected chi connectivity index (χ4v) is 1.39. The van der Waals surface area contributed by atoms with E-state index in [1.807, 2.05) is 6.92 Å². The topological polar surface area (TPSA) is 26.0 Å². The highest BCUT2D eigenvalue weighted by Crippen LogP contribution is 2.16. The second-order valence-corrected chi connectivity index (χ2v) is 3.81. The first-order chi connectivity index (χ1) is 7.65. The Kier molecular flexibility index (Phi) is 4.59. The summed E-state index contributed by atoms with van der Waals surface area (Å²) in [5.74, 6) is 0. The van der Waals surface area contributed by atoms with Crippen LogP contribution in [0.4, 0.5) is 0 Å². The minimum absolute atomic E-state index is 0.755. The average molecular weight is 213 g/mol. The molecule has 0 radical (unpaired) electrons. The number of hydrogen-bond acceptors (Lipinski definition) is 1. The van der Waals surface area contributed by atoms with Gasteiger partial charge < -0.3 is 5.73 Å². The standard InChI is InChI=1S/C11H10.C4H9N/c1-9-5-4-7-10-6-2-3-8-11(9)10;1-3-4(2)5/h2-8H,1H3;2-3,5H2,1H3. The predicted octanol–water partition coefficient (Wildman–Crippen LogP) is 4.02. The Balaban J connectivity index is 0.000000221. The number of rotatable bonds is 1. The maximum absolute atomic E-state index is 5.10. The van der Waals surface area contributed by atoms with Crippen LogP contribution in [-0.4, -0.2) is 0 Å². The second kappa shape index (κ2) is 5.96. The molecule has 1 nitrogen and oxygen atoms in total. The van der Waals surface area contributed by atoms with Gasteiger partial charge >= 0.3 is 0 Å². The molecule has 0 aromatic heterocycles. The van der Waals surface area contributed by atoms with Gasteiger partial charge in [0, 0.05) is 5.70 Å². The highest BCUT2D eigenvalue weighted by atomic mass is 14.5. The first-order valence-electron chi connectivity index (χ1n) is 5.52. The van der Waals surface area contributed by atoms with Gasteiger partial charge in [-0.3, -0.25) is 0 Å². The summed E-state index contributed by atoms with van der Waals surface area (Å²) in [6.07, 6.45) is 0.889. The van der Waals surface area contributed by atoms with Crippen LogP contribution in [-0.2, 0) is 0 Å². The maximum Gasteiger partial charge on any atom is 0.000466 e. The van der Waals surface area contributed by atoms with Gasteiger partial charge in [-0.25, -0.2) is 0 Å².